The Labute approximate surface area is 84.6 Å². The molecule has 1 rings (SSSR count). The highest BCUT2D eigenvalue weighted by Gasteiger charge is 2.08. The predicted molar refractivity (Wildman–Crippen MR) is 56.8 cm³/mol. The molecule has 1 N–H and O–H groups in total. The van der Waals surface area contributed by atoms with Crippen LogP contribution in [-0.2, 0) is 6.42 Å². The number of aryl methyl sites for hydroxylation is 2. The summed E-state index contributed by atoms with van der Waals surface area (Å²) in [4.78, 5) is 11.2. The van der Waals surface area contributed by atoms with E-state index in [0.29, 0.717) is 11.3 Å². The van der Waals surface area contributed by atoms with Crippen LogP contribution in [0.25, 0.3) is 0 Å². The van der Waals surface area contributed by atoms with Crippen molar-refractivity contribution in [2.45, 2.75) is 33.6 Å². The van der Waals surface area contributed by atoms with Crippen molar-refractivity contribution in [1.82, 2.24) is 0 Å². The van der Waals surface area contributed by atoms with E-state index in [2.05, 4.69) is 6.92 Å². The molecule has 0 aliphatic rings. The number of benzene rings is 1. The molecule has 0 saturated heterocycles. The molecule has 0 unspecified atom stereocenters. The summed E-state index contributed by atoms with van der Waals surface area (Å²) in [5, 5.41) is 9.72. The Bertz CT molecular complexity index is 354. The molecule has 76 valence electrons. The topological polar surface area (TPSA) is 37.3 Å². The molecule has 0 fully saturated rings. The molecule has 0 amide bonds. The fourth-order valence-corrected chi connectivity index (χ4v) is 1.52. The number of carbonyl (C=O) groups is 1. The summed E-state index contributed by atoms with van der Waals surface area (Å²) in [6, 6.07) is 3.52. The number of aromatic hydroxyl groups is 1. The van der Waals surface area contributed by atoms with Crippen molar-refractivity contribution in [3.8, 4) is 5.75 Å². The van der Waals surface area contributed by atoms with Crippen molar-refractivity contribution in [2.75, 3.05) is 0 Å². The minimum absolute atomic E-state index is 0.0467. The number of carbonyl (C=O) groups excluding carboxylic acids is 1. The van der Waals surface area contributed by atoms with E-state index in [1.54, 1.807) is 19.1 Å². The van der Waals surface area contributed by atoms with E-state index in [9.17, 15) is 9.90 Å². The van der Waals surface area contributed by atoms with Crippen LogP contribution in [0.1, 0.15) is 41.8 Å². The van der Waals surface area contributed by atoms with Gasteiger partial charge in [0.15, 0.2) is 5.78 Å². The smallest absolute Gasteiger partial charge is 0.159 e. The van der Waals surface area contributed by atoms with Gasteiger partial charge < -0.3 is 5.11 Å². The number of hydrogen-bond donors (Lipinski definition) is 1. The third-order valence-corrected chi connectivity index (χ3v) is 2.31. The summed E-state index contributed by atoms with van der Waals surface area (Å²) in [5.74, 6) is 0.377. The van der Waals surface area contributed by atoms with Crippen LogP contribution in [0.3, 0.4) is 0 Å². The Morgan fingerprint density at radius 3 is 2.57 bits per heavy atom. The fourth-order valence-electron chi connectivity index (χ4n) is 1.52. The highest BCUT2D eigenvalue weighted by Crippen LogP contribution is 2.25. The first kappa shape index (κ1) is 10.8. The van der Waals surface area contributed by atoms with Gasteiger partial charge in [-0.3, -0.25) is 4.79 Å². The molecule has 1 aromatic rings. The second-order valence-corrected chi connectivity index (χ2v) is 3.61. The van der Waals surface area contributed by atoms with Gasteiger partial charge in [-0.2, -0.15) is 0 Å². The van der Waals surface area contributed by atoms with Crippen molar-refractivity contribution >= 4 is 5.78 Å². The van der Waals surface area contributed by atoms with Crippen molar-refractivity contribution in [2.24, 2.45) is 0 Å². The molecule has 14 heavy (non-hydrogen) atoms. The van der Waals surface area contributed by atoms with Crippen LogP contribution in [0.15, 0.2) is 12.1 Å². The van der Waals surface area contributed by atoms with E-state index < -0.39 is 0 Å². The number of phenolic OH excluding ortho intramolecular Hbond substituents is 1. The quantitative estimate of drug-likeness (QED) is 0.748. The maximum Gasteiger partial charge on any atom is 0.159 e. The number of phenols is 1. The van der Waals surface area contributed by atoms with Crippen LogP contribution in [0.5, 0.6) is 5.75 Å². The lowest BCUT2D eigenvalue weighted by atomic mass is 10.00. The number of ketones is 1. The van der Waals surface area contributed by atoms with Crippen LogP contribution in [0.4, 0.5) is 0 Å². The van der Waals surface area contributed by atoms with Crippen LogP contribution in [0, 0.1) is 6.92 Å². The van der Waals surface area contributed by atoms with E-state index >= 15 is 0 Å². The Morgan fingerprint density at radius 1 is 1.43 bits per heavy atom. The molecule has 0 radical (unpaired) electrons. The first-order valence-electron chi connectivity index (χ1n) is 4.89. The summed E-state index contributed by atoms with van der Waals surface area (Å²) in [7, 11) is 0. The summed E-state index contributed by atoms with van der Waals surface area (Å²) in [5.41, 5.74) is 2.34. The molecule has 0 saturated carbocycles. The van der Waals surface area contributed by atoms with Gasteiger partial charge in [0.05, 0.1) is 0 Å². The predicted octanol–water partition coefficient (Wildman–Crippen LogP) is 2.86. The molecule has 0 heterocycles. The van der Waals surface area contributed by atoms with Crippen molar-refractivity contribution < 1.29 is 9.90 Å². The SMILES string of the molecule is CCCc1cc(C(C)=O)cc(C)c1O. The molecule has 0 atom stereocenters. The lowest BCUT2D eigenvalue weighted by Crippen LogP contribution is -1.96. The van der Waals surface area contributed by atoms with Gasteiger partial charge in [0.25, 0.3) is 0 Å². The van der Waals surface area contributed by atoms with E-state index in [1.165, 1.54) is 0 Å². The van der Waals surface area contributed by atoms with E-state index in [1.807, 2.05) is 6.92 Å². The minimum Gasteiger partial charge on any atom is -0.507 e. The maximum atomic E-state index is 11.2. The summed E-state index contributed by atoms with van der Waals surface area (Å²) >= 11 is 0. The zero-order valence-electron chi connectivity index (χ0n) is 8.92. The third-order valence-electron chi connectivity index (χ3n) is 2.31. The molecule has 2 heteroatoms. The van der Waals surface area contributed by atoms with E-state index in [0.717, 1.165) is 24.0 Å². The van der Waals surface area contributed by atoms with E-state index in [4.69, 9.17) is 0 Å². The molecule has 2 nitrogen and oxygen atoms in total. The lowest BCUT2D eigenvalue weighted by Gasteiger charge is -2.08. The average molecular weight is 192 g/mol. The Hall–Kier alpha value is -1.31. The van der Waals surface area contributed by atoms with Crippen molar-refractivity contribution in [1.29, 1.82) is 0 Å². The molecule has 0 aromatic heterocycles. The average Bonchev–Trinajstić information content (AvgIpc) is 2.12. The monoisotopic (exact) mass is 192 g/mol. The van der Waals surface area contributed by atoms with Gasteiger partial charge in [-0.05, 0) is 43.5 Å². The number of Topliss-reactive ketones (excluding diaryl/α,β-unsaturated/α-hetero) is 1. The first-order chi connectivity index (χ1) is 6.56. The minimum atomic E-state index is 0.0467. The van der Waals surface area contributed by atoms with Crippen LogP contribution in [-0.4, -0.2) is 10.9 Å². The Morgan fingerprint density at radius 2 is 2.07 bits per heavy atom. The fraction of sp³-hybridized carbons (Fsp3) is 0.417. The summed E-state index contributed by atoms with van der Waals surface area (Å²) in [6.07, 6.45) is 1.78. The molecular formula is C12H16O2. The molecule has 0 aliphatic carbocycles. The van der Waals surface area contributed by atoms with Gasteiger partial charge in [-0.15, -0.1) is 0 Å². The summed E-state index contributed by atoms with van der Waals surface area (Å²) in [6.45, 7) is 5.41. The van der Waals surface area contributed by atoms with Gasteiger partial charge in [0, 0.05) is 5.56 Å². The number of rotatable bonds is 3. The van der Waals surface area contributed by atoms with Gasteiger partial charge in [0.2, 0.25) is 0 Å². The van der Waals surface area contributed by atoms with E-state index in [-0.39, 0.29) is 5.78 Å². The van der Waals surface area contributed by atoms with Gasteiger partial charge in [0.1, 0.15) is 5.75 Å². The van der Waals surface area contributed by atoms with Crippen LogP contribution < -0.4 is 0 Å². The van der Waals surface area contributed by atoms with Gasteiger partial charge >= 0.3 is 0 Å². The molecule has 0 bridgehead atoms. The first-order valence-corrected chi connectivity index (χ1v) is 4.89. The standard InChI is InChI=1S/C12H16O2/c1-4-5-10-7-11(9(3)13)6-8(2)12(10)14/h6-7,14H,4-5H2,1-3H3. The molecule has 1 aromatic carbocycles. The second kappa shape index (κ2) is 4.27. The third kappa shape index (κ3) is 2.13. The van der Waals surface area contributed by atoms with Crippen LogP contribution >= 0.6 is 0 Å². The second-order valence-electron chi connectivity index (χ2n) is 3.61. The highest BCUT2D eigenvalue weighted by atomic mass is 16.3. The largest absolute Gasteiger partial charge is 0.507 e. The molecule has 0 aliphatic heterocycles. The molecular weight excluding hydrogens is 176 g/mol. The van der Waals surface area contributed by atoms with Crippen molar-refractivity contribution in [3.05, 3.63) is 28.8 Å². The number of hydrogen-bond acceptors (Lipinski definition) is 2. The van der Waals surface area contributed by atoms with Crippen molar-refractivity contribution in [3.63, 3.8) is 0 Å². The zero-order chi connectivity index (χ0) is 10.7. The Kier molecular flexibility index (Phi) is 3.28. The summed E-state index contributed by atoms with van der Waals surface area (Å²) < 4.78 is 0. The maximum absolute atomic E-state index is 11.2. The Balaban J connectivity index is 3.20. The normalized spacial score (nSPS) is 10.2. The lowest BCUT2D eigenvalue weighted by molar-refractivity contribution is 0.101. The van der Waals surface area contributed by atoms with Crippen LogP contribution in [0.2, 0.25) is 0 Å². The van der Waals surface area contributed by atoms with Gasteiger partial charge in [-0.25, -0.2) is 0 Å². The molecule has 0 spiro atoms. The highest BCUT2D eigenvalue weighted by molar-refractivity contribution is 5.94. The zero-order valence-corrected chi connectivity index (χ0v) is 8.92. The van der Waals surface area contributed by atoms with Gasteiger partial charge in [-0.1, -0.05) is 13.3 Å².